The summed E-state index contributed by atoms with van der Waals surface area (Å²) in [7, 11) is 0. The van der Waals surface area contributed by atoms with Crippen LogP contribution in [0.5, 0.6) is 0 Å². The van der Waals surface area contributed by atoms with Crippen LogP contribution in [0.2, 0.25) is 0 Å². The molecular weight excluding hydrogens is 208 g/mol. The van der Waals surface area contributed by atoms with Crippen molar-refractivity contribution < 1.29 is 0 Å². The number of hydrogen-bond donors (Lipinski definition) is 2. The van der Waals surface area contributed by atoms with Crippen molar-refractivity contribution in [3.05, 3.63) is 10.4 Å². The van der Waals surface area contributed by atoms with E-state index in [1.54, 1.807) is 0 Å². The zero-order chi connectivity index (χ0) is 11.4. The Bertz CT molecular complexity index is 420. The molecule has 1 aliphatic rings. The van der Waals surface area contributed by atoms with Crippen molar-refractivity contribution in [1.82, 2.24) is 15.0 Å². The van der Waals surface area contributed by atoms with Crippen molar-refractivity contribution >= 4 is 17.8 Å². The van der Waals surface area contributed by atoms with E-state index < -0.39 is 0 Å². The molecule has 0 unspecified atom stereocenters. The molecule has 2 rings (SSSR count). The number of nitrogens with zero attached hydrogens (tertiary/aromatic N) is 6. The Labute approximate surface area is 92.1 Å². The zero-order valence-electron chi connectivity index (χ0n) is 8.88. The van der Waals surface area contributed by atoms with Gasteiger partial charge in [-0.15, -0.1) is 0 Å². The largest absolute Gasteiger partial charge is 0.354 e. The van der Waals surface area contributed by atoms with Gasteiger partial charge in [0.25, 0.3) is 0 Å². The maximum absolute atomic E-state index is 8.34. The van der Waals surface area contributed by atoms with E-state index in [-0.39, 0.29) is 5.95 Å². The molecule has 0 spiro atoms. The summed E-state index contributed by atoms with van der Waals surface area (Å²) in [6, 6.07) is 0.441. The molecule has 1 aromatic rings. The van der Waals surface area contributed by atoms with Gasteiger partial charge in [0.1, 0.15) is 0 Å². The van der Waals surface area contributed by atoms with Crippen LogP contribution in [-0.4, -0.2) is 27.5 Å². The molecule has 0 saturated heterocycles. The van der Waals surface area contributed by atoms with Gasteiger partial charge in [-0.05, 0) is 30.4 Å². The Hall–Kier alpha value is -2.08. The zero-order valence-corrected chi connectivity index (χ0v) is 8.88. The van der Waals surface area contributed by atoms with Crippen molar-refractivity contribution in [2.24, 2.45) is 5.11 Å². The fourth-order valence-electron chi connectivity index (χ4n) is 1.16. The molecule has 1 fully saturated rings. The van der Waals surface area contributed by atoms with Gasteiger partial charge in [0.2, 0.25) is 17.8 Å². The highest BCUT2D eigenvalue weighted by molar-refractivity contribution is 5.40. The first-order chi connectivity index (χ1) is 7.81. The van der Waals surface area contributed by atoms with E-state index in [4.69, 9.17) is 5.53 Å². The Morgan fingerprint density at radius 3 is 2.75 bits per heavy atom. The van der Waals surface area contributed by atoms with Crippen LogP contribution >= 0.6 is 0 Å². The van der Waals surface area contributed by atoms with Gasteiger partial charge in [-0.1, -0.05) is 0 Å². The van der Waals surface area contributed by atoms with Gasteiger partial charge < -0.3 is 10.6 Å². The number of aromatic nitrogens is 3. The van der Waals surface area contributed by atoms with Crippen LogP contribution in [0.3, 0.4) is 0 Å². The number of azide groups is 1. The van der Waals surface area contributed by atoms with E-state index in [9.17, 15) is 0 Å². The average molecular weight is 220 g/mol. The third-order valence-electron chi connectivity index (χ3n) is 2.00. The Kier molecular flexibility index (Phi) is 3.02. The van der Waals surface area contributed by atoms with Crippen molar-refractivity contribution in [3.8, 4) is 0 Å². The van der Waals surface area contributed by atoms with Gasteiger partial charge in [0.05, 0.1) is 0 Å². The van der Waals surface area contributed by atoms with Crippen LogP contribution in [0, 0.1) is 0 Å². The monoisotopic (exact) mass is 220 g/mol. The van der Waals surface area contributed by atoms with Crippen molar-refractivity contribution in [2.75, 3.05) is 17.2 Å². The second kappa shape index (κ2) is 4.63. The third kappa shape index (κ3) is 2.71. The van der Waals surface area contributed by atoms with Gasteiger partial charge in [-0.3, -0.25) is 0 Å². The fraction of sp³-hybridized carbons (Fsp3) is 0.625. The van der Waals surface area contributed by atoms with Crippen molar-refractivity contribution in [3.63, 3.8) is 0 Å². The lowest BCUT2D eigenvalue weighted by Gasteiger charge is -2.06. The number of anilines is 2. The minimum atomic E-state index is 0.0802. The smallest absolute Gasteiger partial charge is 0.228 e. The van der Waals surface area contributed by atoms with Crippen LogP contribution in [-0.2, 0) is 0 Å². The van der Waals surface area contributed by atoms with E-state index in [1.165, 1.54) is 0 Å². The molecule has 0 amide bonds. The van der Waals surface area contributed by atoms with Gasteiger partial charge >= 0.3 is 0 Å². The van der Waals surface area contributed by atoms with Crippen LogP contribution in [0.4, 0.5) is 17.8 Å². The molecule has 1 aliphatic carbocycles. The number of nitrogens with one attached hydrogen (secondary N) is 2. The number of rotatable bonds is 5. The van der Waals surface area contributed by atoms with E-state index in [0.29, 0.717) is 24.5 Å². The molecule has 0 radical (unpaired) electrons. The lowest BCUT2D eigenvalue weighted by atomic mass is 10.6. The molecule has 1 saturated carbocycles. The Morgan fingerprint density at radius 2 is 2.12 bits per heavy atom. The summed E-state index contributed by atoms with van der Waals surface area (Å²) >= 11 is 0. The van der Waals surface area contributed by atoms with Crippen LogP contribution < -0.4 is 10.6 Å². The molecule has 0 aromatic carbocycles. The van der Waals surface area contributed by atoms with Gasteiger partial charge in [0.15, 0.2) is 0 Å². The molecule has 0 aliphatic heterocycles. The van der Waals surface area contributed by atoms with Crippen LogP contribution in [0.15, 0.2) is 5.11 Å². The first-order valence-electron chi connectivity index (χ1n) is 5.13. The minimum Gasteiger partial charge on any atom is -0.354 e. The maximum atomic E-state index is 8.34. The lowest BCUT2D eigenvalue weighted by Crippen LogP contribution is -2.09. The van der Waals surface area contributed by atoms with E-state index in [0.717, 1.165) is 12.8 Å². The normalized spacial score (nSPS) is 14.1. The maximum Gasteiger partial charge on any atom is 0.228 e. The van der Waals surface area contributed by atoms with Crippen LogP contribution in [0.25, 0.3) is 10.4 Å². The summed E-state index contributed by atoms with van der Waals surface area (Å²) in [4.78, 5) is 14.8. The fourth-order valence-corrected chi connectivity index (χ4v) is 1.16. The summed E-state index contributed by atoms with van der Waals surface area (Å²) in [5.74, 6) is 0.954. The lowest BCUT2D eigenvalue weighted by molar-refractivity contribution is 0.979. The Morgan fingerprint density at radius 1 is 1.38 bits per heavy atom. The second-order valence-corrected chi connectivity index (χ2v) is 3.42. The van der Waals surface area contributed by atoms with Gasteiger partial charge in [-0.25, -0.2) is 0 Å². The predicted octanol–water partition coefficient (Wildman–Crippen LogP) is 1.82. The second-order valence-electron chi connectivity index (χ2n) is 3.42. The molecular formula is C8H12N8. The molecule has 1 aromatic heterocycles. The standard InChI is InChI=1S/C8H12N8/c1-2-10-6-12-7(11-5-3-4-5)14-8(13-6)15-16-9/h5H,2-4H2,1H3,(H2,10,11,12,13,14). The first-order valence-corrected chi connectivity index (χ1v) is 5.13. The molecule has 8 heteroatoms. The third-order valence-corrected chi connectivity index (χ3v) is 2.00. The molecule has 84 valence electrons. The van der Waals surface area contributed by atoms with Crippen molar-refractivity contribution in [2.45, 2.75) is 25.8 Å². The molecule has 8 nitrogen and oxygen atoms in total. The van der Waals surface area contributed by atoms with E-state index in [2.05, 4.69) is 35.6 Å². The summed E-state index contributed by atoms with van der Waals surface area (Å²) in [6.45, 7) is 2.63. The van der Waals surface area contributed by atoms with Gasteiger partial charge in [0, 0.05) is 17.5 Å². The highest BCUT2D eigenvalue weighted by Gasteiger charge is 2.22. The SMILES string of the molecule is CCNc1nc(N=[N+]=[N-])nc(NC2CC2)n1. The minimum absolute atomic E-state index is 0.0802. The highest BCUT2D eigenvalue weighted by atomic mass is 15.3. The molecule has 16 heavy (non-hydrogen) atoms. The summed E-state index contributed by atoms with van der Waals surface area (Å²) < 4.78 is 0. The summed E-state index contributed by atoms with van der Waals surface area (Å²) in [5, 5.41) is 9.46. The van der Waals surface area contributed by atoms with E-state index >= 15 is 0 Å². The quantitative estimate of drug-likeness (QED) is 0.446. The Balaban J connectivity index is 2.23. The summed E-state index contributed by atoms with van der Waals surface area (Å²) in [6.07, 6.45) is 2.25. The highest BCUT2D eigenvalue weighted by Crippen LogP contribution is 2.23. The van der Waals surface area contributed by atoms with Crippen LogP contribution in [0.1, 0.15) is 19.8 Å². The van der Waals surface area contributed by atoms with Crippen molar-refractivity contribution in [1.29, 1.82) is 0 Å². The summed E-state index contributed by atoms with van der Waals surface area (Å²) in [5.41, 5.74) is 8.34. The predicted molar refractivity (Wildman–Crippen MR) is 59.4 cm³/mol. The van der Waals surface area contributed by atoms with E-state index in [1.807, 2.05) is 6.92 Å². The molecule has 0 bridgehead atoms. The average Bonchev–Trinajstić information content (AvgIpc) is 3.02. The topological polar surface area (TPSA) is 111 Å². The molecule has 0 atom stereocenters. The molecule has 2 N–H and O–H groups in total. The molecule has 1 heterocycles. The first kappa shape index (κ1) is 10.4. The van der Waals surface area contributed by atoms with Gasteiger partial charge in [-0.2, -0.15) is 15.0 Å². The number of hydrogen-bond acceptors (Lipinski definition) is 6.